The third-order valence-electron chi connectivity index (χ3n) is 6.80. The van der Waals surface area contributed by atoms with E-state index >= 15 is 0 Å². The van der Waals surface area contributed by atoms with Gasteiger partial charge < -0.3 is 30.9 Å². The van der Waals surface area contributed by atoms with Crippen LogP contribution in [0.4, 0.5) is 23.5 Å². The summed E-state index contributed by atoms with van der Waals surface area (Å²) in [6.07, 6.45) is 6.53. The number of pyridine rings is 1. The summed E-state index contributed by atoms with van der Waals surface area (Å²) in [4.78, 5) is 20.8. The summed E-state index contributed by atoms with van der Waals surface area (Å²) in [5.41, 5.74) is 16.8. The first kappa shape index (κ1) is 31.4. The first-order valence-corrected chi connectivity index (χ1v) is 14.2. The van der Waals surface area contributed by atoms with Gasteiger partial charge in [0, 0.05) is 12.7 Å². The van der Waals surface area contributed by atoms with Crippen LogP contribution >= 0.6 is 0 Å². The molecule has 0 aliphatic carbocycles. The molecule has 0 amide bonds. The van der Waals surface area contributed by atoms with E-state index in [-0.39, 0.29) is 17.5 Å². The zero-order valence-electron chi connectivity index (χ0n) is 25.3. The van der Waals surface area contributed by atoms with Gasteiger partial charge in [-0.1, -0.05) is 43.0 Å². The number of nitrogens with one attached hydrogen (secondary N) is 2. The molecule has 0 aliphatic rings. The predicted molar refractivity (Wildman–Crippen MR) is 178 cm³/mol. The van der Waals surface area contributed by atoms with Crippen molar-refractivity contribution in [3.63, 3.8) is 0 Å². The highest BCUT2D eigenvalue weighted by atomic mass is 16.3. The number of hydrogen-bond donors (Lipinski definition) is 4. The van der Waals surface area contributed by atoms with Crippen LogP contribution in [0.3, 0.4) is 0 Å². The van der Waals surface area contributed by atoms with E-state index in [1.54, 1.807) is 36.5 Å². The molecule has 0 spiro atoms. The normalized spacial score (nSPS) is 10.2. The van der Waals surface area contributed by atoms with Crippen LogP contribution in [0.15, 0.2) is 94.8 Å². The van der Waals surface area contributed by atoms with E-state index in [0.717, 1.165) is 22.4 Å². The SMILES string of the molecule is C=Cc1ccc(CNc2nc(N)nc(-c3ccco3)c2C#N)cc1.Cc1cccnc1CNc1nc(N)nc(-c2ccco2)c1C#N. The Kier molecular flexibility index (Phi) is 9.80. The van der Waals surface area contributed by atoms with Crippen molar-refractivity contribution in [1.82, 2.24) is 24.9 Å². The van der Waals surface area contributed by atoms with Crippen LogP contribution in [0, 0.1) is 29.6 Å². The van der Waals surface area contributed by atoms with Crippen LogP contribution < -0.4 is 22.1 Å². The minimum atomic E-state index is 0.0654. The number of rotatable bonds is 9. The Balaban J connectivity index is 0.000000185. The number of furan rings is 2. The highest BCUT2D eigenvalue weighted by Crippen LogP contribution is 2.28. The summed E-state index contributed by atoms with van der Waals surface area (Å²) in [6, 6.07) is 22.9. The Morgan fingerprint density at radius 1 is 0.766 bits per heavy atom. The monoisotopic (exact) mass is 623 g/mol. The van der Waals surface area contributed by atoms with E-state index in [4.69, 9.17) is 20.3 Å². The van der Waals surface area contributed by atoms with Crippen LogP contribution in [0.1, 0.15) is 33.5 Å². The van der Waals surface area contributed by atoms with Gasteiger partial charge in [-0.3, -0.25) is 4.98 Å². The molecule has 0 aliphatic heterocycles. The van der Waals surface area contributed by atoms with Crippen LogP contribution in [-0.4, -0.2) is 24.9 Å². The van der Waals surface area contributed by atoms with E-state index in [0.29, 0.717) is 53.2 Å². The van der Waals surface area contributed by atoms with Gasteiger partial charge in [0.05, 0.1) is 24.8 Å². The molecule has 47 heavy (non-hydrogen) atoms. The fourth-order valence-electron chi connectivity index (χ4n) is 4.44. The van der Waals surface area contributed by atoms with Crippen LogP contribution in [-0.2, 0) is 13.1 Å². The minimum Gasteiger partial charge on any atom is -0.463 e. The van der Waals surface area contributed by atoms with E-state index in [2.05, 4.69) is 54.3 Å². The van der Waals surface area contributed by atoms with Crippen molar-refractivity contribution in [1.29, 1.82) is 10.5 Å². The Morgan fingerprint density at radius 3 is 1.79 bits per heavy atom. The van der Waals surface area contributed by atoms with Crippen molar-refractivity contribution in [3.05, 3.63) is 119 Å². The summed E-state index contributed by atoms with van der Waals surface area (Å²) in [5.74, 6) is 1.81. The van der Waals surface area contributed by atoms with E-state index < -0.39 is 0 Å². The van der Waals surface area contributed by atoms with Crippen LogP contribution in [0.5, 0.6) is 0 Å². The van der Waals surface area contributed by atoms with Gasteiger partial charge in [0.15, 0.2) is 23.2 Å². The van der Waals surface area contributed by atoms with Gasteiger partial charge in [0.1, 0.15) is 34.7 Å². The van der Waals surface area contributed by atoms with Gasteiger partial charge in [-0.2, -0.15) is 20.5 Å². The molecular weight excluding hydrogens is 594 g/mol. The predicted octanol–water partition coefficient (Wildman–Crippen LogP) is 5.95. The molecule has 1 aromatic carbocycles. The quantitative estimate of drug-likeness (QED) is 0.147. The number of nitriles is 2. The van der Waals surface area contributed by atoms with Gasteiger partial charge in [-0.25, -0.2) is 9.97 Å². The number of nitrogen functional groups attached to an aromatic ring is 2. The van der Waals surface area contributed by atoms with Crippen LogP contribution in [0.25, 0.3) is 29.0 Å². The van der Waals surface area contributed by atoms with Crippen molar-refractivity contribution in [2.75, 3.05) is 22.1 Å². The molecule has 13 nitrogen and oxygen atoms in total. The summed E-state index contributed by atoms with van der Waals surface area (Å²) >= 11 is 0. The third kappa shape index (κ3) is 7.57. The highest BCUT2D eigenvalue weighted by molar-refractivity contribution is 5.72. The molecule has 0 atom stereocenters. The number of hydrogen-bond acceptors (Lipinski definition) is 13. The molecule has 0 radical (unpaired) electrons. The molecule has 0 saturated carbocycles. The van der Waals surface area contributed by atoms with E-state index in [1.165, 1.54) is 12.5 Å². The molecule has 5 heterocycles. The first-order valence-electron chi connectivity index (χ1n) is 14.2. The summed E-state index contributed by atoms with van der Waals surface area (Å²) < 4.78 is 10.6. The second-order valence-corrected chi connectivity index (χ2v) is 9.91. The lowest BCUT2D eigenvalue weighted by Gasteiger charge is -2.11. The molecular formula is C34H29N11O2. The summed E-state index contributed by atoms with van der Waals surface area (Å²) in [5, 5.41) is 25.2. The van der Waals surface area contributed by atoms with E-state index in [1.807, 2.05) is 43.3 Å². The molecule has 0 saturated heterocycles. The largest absolute Gasteiger partial charge is 0.463 e. The molecule has 0 unspecified atom stereocenters. The van der Waals surface area contributed by atoms with Gasteiger partial charge in [0.2, 0.25) is 11.9 Å². The van der Waals surface area contributed by atoms with Gasteiger partial charge in [-0.05, 0) is 53.9 Å². The number of benzene rings is 1. The average molecular weight is 624 g/mol. The van der Waals surface area contributed by atoms with E-state index in [9.17, 15) is 10.5 Å². The maximum Gasteiger partial charge on any atom is 0.222 e. The topological polar surface area (TPSA) is 214 Å². The number of aryl methyl sites for hydroxylation is 1. The molecule has 6 rings (SSSR count). The molecule has 13 heteroatoms. The first-order chi connectivity index (χ1) is 22.9. The Bertz CT molecular complexity index is 2060. The lowest BCUT2D eigenvalue weighted by molar-refractivity contribution is 0.579. The second-order valence-electron chi connectivity index (χ2n) is 9.91. The highest BCUT2D eigenvalue weighted by Gasteiger charge is 2.18. The fourth-order valence-corrected chi connectivity index (χ4v) is 4.44. The lowest BCUT2D eigenvalue weighted by Crippen LogP contribution is -2.10. The summed E-state index contributed by atoms with van der Waals surface area (Å²) in [7, 11) is 0. The van der Waals surface area contributed by atoms with Gasteiger partial charge in [-0.15, -0.1) is 0 Å². The zero-order chi connectivity index (χ0) is 33.2. The standard InChI is InChI=1S/C18H15N5O.C16H14N6O/c1-2-12-5-7-13(8-6-12)11-21-17-14(10-19)16(22-18(20)23-17)15-4-3-9-24-15;1-10-4-2-6-19-12(10)9-20-15-11(8-17)14(21-16(18)22-15)13-5-3-7-23-13/h2-9H,1,11H2,(H3,20,21,22,23);2-7H,9H2,1H3,(H3,18,20,21,22). The number of nitrogens with zero attached hydrogens (tertiary/aromatic N) is 7. The third-order valence-corrected chi connectivity index (χ3v) is 6.80. The van der Waals surface area contributed by atoms with Crippen LogP contribution in [0.2, 0.25) is 0 Å². The molecule has 5 aromatic heterocycles. The second kappa shape index (κ2) is 14.7. The van der Waals surface area contributed by atoms with Crippen molar-refractivity contribution >= 4 is 29.6 Å². The summed E-state index contributed by atoms with van der Waals surface area (Å²) in [6.45, 7) is 6.63. The van der Waals surface area contributed by atoms with Crippen molar-refractivity contribution in [3.8, 4) is 35.0 Å². The molecule has 6 N–H and O–H groups in total. The van der Waals surface area contributed by atoms with Crippen molar-refractivity contribution in [2.45, 2.75) is 20.0 Å². The molecule has 0 bridgehead atoms. The molecule has 232 valence electrons. The maximum atomic E-state index is 9.49. The number of aromatic nitrogens is 5. The Morgan fingerprint density at radius 2 is 1.32 bits per heavy atom. The van der Waals surface area contributed by atoms with Crippen molar-refractivity contribution in [2.24, 2.45) is 0 Å². The fraction of sp³-hybridized carbons (Fsp3) is 0.0882. The molecule has 0 fully saturated rings. The Labute approximate surface area is 270 Å². The number of nitrogens with two attached hydrogens (primary N) is 2. The van der Waals surface area contributed by atoms with Gasteiger partial charge >= 0.3 is 0 Å². The zero-order valence-corrected chi connectivity index (χ0v) is 25.3. The average Bonchev–Trinajstić information content (AvgIpc) is 3.83. The number of anilines is 4. The Hall–Kier alpha value is -6.99. The maximum absolute atomic E-state index is 9.49. The lowest BCUT2D eigenvalue weighted by atomic mass is 10.1. The smallest absolute Gasteiger partial charge is 0.222 e. The van der Waals surface area contributed by atoms with Gasteiger partial charge in [0.25, 0.3) is 0 Å². The minimum absolute atomic E-state index is 0.0654. The molecule has 6 aromatic rings. The van der Waals surface area contributed by atoms with Crippen molar-refractivity contribution < 1.29 is 8.83 Å².